The van der Waals surface area contributed by atoms with Gasteiger partial charge in [-0.25, -0.2) is 0 Å². The van der Waals surface area contributed by atoms with Gasteiger partial charge < -0.3 is 5.32 Å². The van der Waals surface area contributed by atoms with E-state index in [1.165, 1.54) is 25.1 Å². The van der Waals surface area contributed by atoms with Crippen LogP contribution in [0.4, 0.5) is 0 Å². The lowest BCUT2D eigenvalue weighted by Gasteiger charge is -2.31. The minimum atomic E-state index is 0.349. The normalized spacial score (nSPS) is 22.9. The molecule has 78 valence electrons. The molecular formula is C12H19NS. The van der Waals surface area contributed by atoms with Gasteiger partial charge >= 0.3 is 0 Å². The molecule has 2 heterocycles. The van der Waals surface area contributed by atoms with E-state index in [9.17, 15) is 0 Å². The minimum Gasteiger partial charge on any atom is -0.316 e. The molecular weight excluding hydrogens is 190 g/mol. The molecule has 0 amide bonds. The number of aryl methyl sites for hydroxylation is 1. The lowest BCUT2D eigenvalue weighted by atomic mass is 9.76. The van der Waals surface area contributed by atoms with Crippen molar-refractivity contribution in [3.05, 3.63) is 21.9 Å². The minimum absolute atomic E-state index is 0.349. The quantitative estimate of drug-likeness (QED) is 0.789. The van der Waals surface area contributed by atoms with Crippen LogP contribution >= 0.6 is 11.3 Å². The first-order valence-electron chi connectivity index (χ1n) is 5.37. The first-order valence-corrected chi connectivity index (χ1v) is 6.25. The van der Waals surface area contributed by atoms with E-state index in [-0.39, 0.29) is 0 Å². The highest BCUT2D eigenvalue weighted by molar-refractivity contribution is 7.10. The van der Waals surface area contributed by atoms with Gasteiger partial charge in [-0.3, -0.25) is 0 Å². The van der Waals surface area contributed by atoms with Crippen molar-refractivity contribution in [3.8, 4) is 0 Å². The summed E-state index contributed by atoms with van der Waals surface area (Å²) in [6.07, 6.45) is 1.32. The Balaban J connectivity index is 2.26. The Labute approximate surface area is 90.5 Å². The summed E-state index contributed by atoms with van der Waals surface area (Å²) in [6.45, 7) is 9.39. The van der Waals surface area contributed by atoms with Gasteiger partial charge in [-0.1, -0.05) is 13.8 Å². The van der Waals surface area contributed by atoms with Crippen LogP contribution in [0.3, 0.4) is 0 Å². The third-order valence-electron chi connectivity index (χ3n) is 3.53. The number of hydrogen-bond donors (Lipinski definition) is 1. The average molecular weight is 209 g/mol. The second-order valence-electron chi connectivity index (χ2n) is 4.84. The fourth-order valence-electron chi connectivity index (χ4n) is 2.49. The van der Waals surface area contributed by atoms with E-state index >= 15 is 0 Å². The van der Waals surface area contributed by atoms with E-state index < -0.39 is 0 Å². The standard InChI is InChI=1S/C12H19NS/c1-9-5-7-14-11(9)12(2,3)10-4-6-13-8-10/h5,7,10,13H,4,6,8H2,1-3H3. The number of hydrogen-bond acceptors (Lipinski definition) is 2. The maximum absolute atomic E-state index is 3.46. The second kappa shape index (κ2) is 3.67. The average Bonchev–Trinajstić information content (AvgIpc) is 2.72. The van der Waals surface area contributed by atoms with Crippen molar-refractivity contribution < 1.29 is 0 Å². The van der Waals surface area contributed by atoms with E-state index in [0.29, 0.717) is 5.41 Å². The molecule has 0 spiro atoms. The molecule has 0 radical (unpaired) electrons. The largest absolute Gasteiger partial charge is 0.316 e. The first-order chi connectivity index (χ1) is 6.62. The molecule has 1 N–H and O–H groups in total. The lowest BCUT2D eigenvalue weighted by Crippen LogP contribution is -2.30. The van der Waals surface area contributed by atoms with Crippen LogP contribution < -0.4 is 5.32 Å². The smallest absolute Gasteiger partial charge is 0.0134 e. The molecule has 1 atom stereocenters. The predicted octanol–water partition coefficient (Wildman–Crippen LogP) is 2.94. The number of nitrogens with one attached hydrogen (secondary N) is 1. The summed E-state index contributed by atoms with van der Waals surface area (Å²) in [6, 6.07) is 2.24. The topological polar surface area (TPSA) is 12.0 Å². The summed E-state index contributed by atoms with van der Waals surface area (Å²) < 4.78 is 0. The number of rotatable bonds is 2. The van der Waals surface area contributed by atoms with Gasteiger partial charge in [-0.05, 0) is 49.4 Å². The Morgan fingerprint density at radius 2 is 2.29 bits per heavy atom. The molecule has 0 saturated carbocycles. The Hall–Kier alpha value is -0.340. The summed E-state index contributed by atoms with van der Waals surface area (Å²) in [4.78, 5) is 1.58. The molecule has 1 nitrogen and oxygen atoms in total. The van der Waals surface area contributed by atoms with E-state index in [0.717, 1.165) is 5.92 Å². The zero-order valence-corrected chi connectivity index (χ0v) is 10.1. The monoisotopic (exact) mass is 209 g/mol. The molecule has 1 aliphatic rings. The molecule has 0 bridgehead atoms. The first kappa shape index (κ1) is 10.2. The van der Waals surface area contributed by atoms with Crippen LogP contribution in [0.15, 0.2) is 11.4 Å². The maximum atomic E-state index is 3.46. The SMILES string of the molecule is Cc1ccsc1C(C)(C)C1CCNC1. The van der Waals surface area contributed by atoms with Crippen LogP contribution in [0.25, 0.3) is 0 Å². The second-order valence-corrected chi connectivity index (χ2v) is 5.76. The third-order valence-corrected chi connectivity index (χ3v) is 4.88. The highest BCUT2D eigenvalue weighted by atomic mass is 32.1. The highest BCUT2D eigenvalue weighted by Gasteiger charge is 2.34. The third kappa shape index (κ3) is 1.61. The van der Waals surface area contributed by atoms with E-state index in [2.05, 4.69) is 37.5 Å². The van der Waals surface area contributed by atoms with Crippen molar-refractivity contribution in [1.29, 1.82) is 0 Å². The van der Waals surface area contributed by atoms with Gasteiger partial charge in [0.1, 0.15) is 0 Å². The van der Waals surface area contributed by atoms with Gasteiger partial charge in [0.25, 0.3) is 0 Å². The van der Waals surface area contributed by atoms with Gasteiger partial charge in [-0.2, -0.15) is 0 Å². The summed E-state index contributed by atoms with van der Waals surface area (Å²) in [5.41, 5.74) is 1.81. The molecule has 0 aliphatic carbocycles. The zero-order valence-electron chi connectivity index (χ0n) is 9.26. The predicted molar refractivity (Wildman–Crippen MR) is 63.1 cm³/mol. The number of thiophene rings is 1. The van der Waals surface area contributed by atoms with Crippen molar-refractivity contribution in [1.82, 2.24) is 5.32 Å². The summed E-state index contributed by atoms with van der Waals surface area (Å²) in [5.74, 6) is 0.805. The maximum Gasteiger partial charge on any atom is 0.0134 e. The Morgan fingerprint density at radius 1 is 1.50 bits per heavy atom. The Morgan fingerprint density at radius 3 is 2.79 bits per heavy atom. The van der Waals surface area contributed by atoms with Gasteiger partial charge in [0.05, 0.1) is 0 Å². The fraction of sp³-hybridized carbons (Fsp3) is 0.667. The fourth-order valence-corrected chi connectivity index (χ4v) is 3.62. The summed E-state index contributed by atoms with van der Waals surface area (Å²) >= 11 is 1.92. The van der Waals surface area contributed by atoms with E-state index in [4.69, 9.17) is 0 Å². The highest BCUT2D eigenvalue weighted by Crippen LogP contribution is 2.39. The molecule has 2 rings (SSSR count). The van der Waals surface area contributed by atoms with Crippen molar-refractivity contribution in [3.63, 3.8) is 0 Å². The van der Waals surface area contributed by atoms with E-state index in [1.807, 2.05) is 11.3 Å². The van der Waals surface area contributed by atoms with Crippen molar-refractivity contribution in [2.45, 2.75) is 32.6 Å². The van der Waals surface area contributed by atoms with Crippen LogP contribution in [-0.4, -0.2) is 13.1 Å². The Kier molecular flexibility index (Phi) is 2.67. The van der Waals surface area contributed by atoms with Gasteiger partial charge in [-0.15, -0.1) is 11.3 Å². The zero-order chi connectivity index (χ0) is 10.2. The van der Waals surface area contributed by atoms with Gasteiger partial charge in [0, 0.05) is 10.3 Å². The molecule has 2 heteroatoms. The van der Waals surface area contributed by atoms with Crippen LogP contribution in [-0.2, 0) is 5.41 Å². The molecule has 1 fully saturated rings. The molecule has 1 aliphatic heterocycles. The van der Waals surface area contributed by atoms with Crippen molar-refractivity contribution >= 4 is 11.3 Å². The van der Waals surface area contributed by atoms with Crippen LogP contribution in [0.2, 0.25) is 0 Å². The molecule has 1 unspecified atom stereocenters. The van der Waals surface area contributed by atoms with Crippen LogP contribution in [0, 0.1) is 12.8 Å². The van der Waals surface area contributed by atoms with Crippen LogP contribution in [0.5, 0.6) is 0 Å². The molecule has 1 saturated heterocycles. The van der Waals surface area contributed by atoms with E-state index in [1.54, 1.807) is 4.88 Å². The van der Waals surface area contributed by atoms with Crippen molar-refractivity contribution in [2.75, 3.05) is 13.1 Å². The van der Waals surface area contributed by atoms with Crippen molar-refractivity contribution in [2.24, 2.45) is 5.92 Å². The van der Waals surface area contributed by atoms with Gasteiger partial charge in [0.2, 0.25) is 0 Å². The summed E-state index contributed by atoms with van der Waals surface area (Å²) in [7, 11) is 0. The lowest BCUT2D eigenvalue weighted by molar-refractivity contribution is 0.348. The molecule has 0 aromatic carbocycles. The molecule has 1 aromatic rings. The van der Waals surface area contributed by atoms with Gasteiger partial charge in [0.15, 0.2) is 0 Å². The Bertz CT molecular complexity index is 308. The molecule has 1 aromatic heterocycles. The van der Waals surface area contributed by atoms with Crippen LogP contribution in [0.1, 0.15) is 30.7 Å². The molecule has 14 heavy (non-hydrogen) atoms. The summed E-state index contributed by atoms with van der Waals surface area (Å²) in [5, 5.41) is 5.68.